The molecule has 19 heavy (non-hydrogen) atoms. The molecule has 4 nitrogen and oxygen atoms in total. The third kappa shape index (κ3) is 3.70. The Balaban J connectivity index is 2.17. The molecule has 2 aromatic rings. The maximum absolute atomic E-state index is 5.80. The average molecular weight is 280 g/mol. The third-order valence-corrected chi connectivity index (χ3v) is 3.07. The van der Waals surface area contributed by atoms with Crippen molar-refractivity contribution in [3.05, 3.63) is 36.2 Å². The van der Waals surface area contributed by atoms with E-state index in [0.717, 1.165) is 30.0 Å². The van der Waals surface area contributed by atoms with Crippen LogP contribution in [0.25, 0.3) is 5.69 Å². The molecule has 0 aliphatic rings. The van der Waals surface area contributed by atoms with Crippen molar-refractivity contribution < 1.29 is 4.74 Å². The smallest absolute Gasteiger partial charge is 0.121 e. The van der Waals surface area contributed by atoms with Crippen LogP contribution in [0.2, 0.25) is 0 Å². The van der Waals surface area contributed by atoms with Gasteiger partial charge in [0, 0.05) is 18.4 Å². The number of rotatable bonds is 6. The summed E-state index contributed by atoms with van der Waals surface area (Å²) in [6.07, 6.45) is 3.81. The molecule has 0 saturated heterocycles. The van der Waals surface area contributed by atoms with Crippen LogP contribution in [-0.2, 0) is 6.42 Å². The van der Waals surface area contributed by atoms with Gasteiger partial charge in [0.15, 0.2) is 0 Å². The molecule has 1 aromatic heterocycles. The fourth-order valence-corrected chi connectivity index (χ4v) is 1.84. The lowest BCUT2D eigenvalue weighted by atomic mass is 10.2. The van der Waals surface area contributed by atoms with Gasteiger partial charge in [-0.3, -0.25) is 0 Å². The molecule has 1 atom stereocenters. The minimum Gasteiger partial charge on any atom is -0.491 e. The van der Waals surface area contributed by atoms with Gasteiger partial charge >= 0.3 is 0 Å². The first-order valence-electron chi connectivity index (χ1n) is 6.47. The van der Waals surface area contributed by atoms with Crippen molar-refractivity contribution in [3.63, 3.8) is 0 Å². The molecule has 0 fully saturated rings. The number of aryl methyl sites for hydroxylation is 1. The van der Waals surface area contributed by atoms with E-state index in [4.69, 9.17) is 16.3 Å². The number of hydrogen-bond donors (Lipinski definition) is 0. The van der Waals surface area contributed by atoms with Gasteiger partial charge in [-0.05, 0) is 25.5 Å². The number of aromatic nitrogens is 3. The Labute approximate surface area is 118 Å². The summed E-state index contributed by atoms with van der Waals surface area (Å²) in [5, 5.41) is 8.17. The van der Waals surface area contributed by atoms with E-state index in [1.807, 2.05) is 30.5 Å². The lowest BCUT2D eigenvalue weighted by Gasteiger charge is -2.13. The summed E-state index contributed by atoms with van der Waals surface area (Å²) in [6, 6.07) is 7.84. The van der Waals surface area contributed by atoms with Crippen LogP contribution in [0.3, 0.4) is 0 Å². The number of alkyl halides is 1. The largest absolute Gasteiger partial charge is 0.491 e. The first-order valence-corrected chi connectivity index (χ1v) is 7.00. The van der Waals surface area contributed by atoms with Crippen LogP contribution in [0.15, 0.2) is 30.5 Å². The topological polar surface area (TPSA) is 39.9 Å². The number of hydrogen-bond acceptors (Lipinski definition) is 3. The van der Waals surface area contributed by atoms with Crippen LogP contribution in [0.4, 0.5) is 0 Å². The second kappa shape index (κ2) is 6.57. The molecule has 0 spiro atoms. The van der Waals surface area contributed by atoms with Gasteiger partial charge in [-0.15, -0.1) is 16.7 Å². The van der Waals surface area contributed by atoms with Crippen molar-refractivity contribution in [2.45, 2.75) is 32.8 Å². The monoisotopic (exact) mass is 279 g/mol. The highest BCUT2D eigenvalue weighted by molar-refractivity contribution is 6.17. The Morgan fingerprint density at radius 2 is 2.26 bits per heavy atom. The molecule has 0 radical (unpaired) electrons. The van der Waals surface area contributed by atoms with Gasteiger partial charge in [0.25, 0.3) is 0 Å². The Morgan fingerprint density at radius 1 is 1.42 bits per heavy atom. The zero-order valence-electron chi connectivity index (χ0n) is 11.2. The summed E-state index contributed by atoms with van der Waals surface area (Å²) in [4.78, 5) is 0. The number of ether oxygens (including phenoxy) is 1. The molecule has 0 aliphatic carbocycles. The van der Waals surface area contributed by atoms with Crippen molar-refractivity contribution in [1.29, 1.82) is 0 Å². The molecule has 2 rings (SSSR count). The predicted molar refractivity (Wildman–Crippen MR) is 76.2 cm³/mol. The van der Waals surface area contributed by atoms with E-state index in [-0.39, 0.29) is 6.10 Å². The molecule has 1 heterocycles. The third-order valence-electron chi connectivity index (χ3n) is 2.89. The van der Waals surface area contributed by atoms with Crippen LogP contribution < -0.4 is 4.74 Å². The molecule has 0 amide bonds. The van der Waals surface area contributed by atoms with Gasteiger partial charge < -0.3 is 4.74 Å². The molecule has 1 unspecified atom stereocenters. The summed E-state index contributed by atoms with van der Waals surface area (Å²) in [5.41, 5.74) is 1.83. The van der Waals surface area contributed by atoms with E-state index in [2.05, 4.69) is 24.2 Å². The van der Waals surface area contributed by atoms with E-state index in [9.17, 15) is 0 Å². The number of nitrogens with zero attached hydrogens (tertiary/aromatic N) is 3. The van der Waals surface area contributed by atoms with E-state index < -0.39 is 0 Å². The van der Waals surface area contributed by atoms with Crippen LogP contribution >= 0.6 is 11.6 Å². The quantitative estimate of drug-likeness (QED) is 0.762. The highest BCUT2D eigenvalue weighted by Gasteiger charge is 2.05. The molecule has 5 heteroatoms. The van der Waals surface area contributed by atoms with Crippen LogP contribution in [0, 0.1) is 0 Å². The summed E-state index contributed by atoms with van der Waals surface area (Å²) >= 11 is 5.69. The number of benzene rings is 1. The normalized spacial score (nSPS) is 12.4. The second-order valence-electron chi connectivity index (χ2n) is 4.43. The maximum Gasteiger partial charge on any atom is 0.121 e. The van der Waals surface area contributed by atoms with E-state index in [1.165, 1.54) is 0 Å². The SMILES string of the molecule is CCC(C)Oc1cccc(-n2cc(CCCl)nn2)c1. The fraction of sp³-hybridized carbons (Fsp3) is 0.429. The van der Waals surface area contributed by atoms with Crippen molar-refractivity contribution in [2.24, 2.45) is 0 Å². The number of halogens is 1. The summed E-state index contributed by atoms with van der Waals surface area (Å²) in [6.45, 7) is 4.16. The van der Waals surface area contributed by atoms with Crippen molar-refractivity contribution in [2.75, 3.05) is 5.88 Å². The molecule has 0 saturated carbocycles. The van der Waals surface area contributed by atoms with Crippen LogP contribution in [0.1, 0.15) is 26.0 Å². The average Bonchev–Trinajstić information content (AvgIpc) is 2.88. The zero-order valence-corrected chi connectivity index (χ0v) is 12.0. The van der Waals surface area contributed by atoms with E-state index >= 15 is 0 Å². The first-order chi connectivity index (χ1) is 9.22. The van der Waals surface area contributed by atoms with Crippen LogP contribution in [-0.4, -0.2) is 27.0 Å². The fourth-order valence-electron chi connectivity index (χ4n) is 1.65. The van der Waals surface area contributed by atoms with Crippen molar-refractivity contribution in [3.8, 4) is 11.4 Å². The molecule has 102 valence electrons. The Bertz CT molecular complexity index is 527. The summed E-state index contributed by atoms with van der Waals surface area (Å²) in [7, 11) is 0. The first kappa shape index (κ1) is 13.9. The van der Waals surface area contributed by atoms with Gasteiger partial charge in [0.05, 0.1) is 23.7 Å². The predicted octanol–water partition coefficient (Wildman–Crippen LogP) is 3.23. The van der Waals surface area contributed by atoms with Gasteiger partial charge in [0.2, 0.25) is 0 Å². The molecular weight excluding hydrogens is 262 g/mol. The van der Waals surface area contributed by atoms with E-state index in [1.54, 1.807) is 4.68 Å². The standard InChI is InChI=1S/C14H18ClN3O/c1-3-11(2)19-14-6-4-5-13(9-14)18-10-12(7-8-15)16-17-18/h4-6,9-11H,3,7-8H2,1-2H3. The summed E-state index contributed by atoms with van der Waals surface area (Å²) in [5.74, 6) is 1.40. The van der Waals surface area contributed by atoms with Crippen LogP contribution in [0.5, 0.6) is 5.75 Å². The van der Waals surface area contributed by atoms with E-state index in [0.29, 0.717) is 5.88 Å². The minimum atomic E-state index is 0.206. The van der Waals surface area contributed by atoms with Gasteiger partial charge in [0.1, 0.15) is 5.75 Å². The van der Waals surface area contributed by atoms with Gasteiger partial charge in [-0.1, -0.05) is 18.2 Å². The van der Waals surface area contributed by atoms with Gasteiger partial charge in [-0.25, -0.2) is 4.68 Å². The molecule has 0 N–H and O–H groups in total. The lowest BCUT2D eigenvalue weighted by molar-refractivity contribution is 0.217. The zero-order chi connectivity index (χ0) is 13.7. The highest BCUT2D eigenvalue weighted by atomic mass is 35.5. The maximum atomic E-state index is 5.80. The molecule has 1 aromatic carbocycles. The van der Waals surface area contributed by atoms with Gasteiger partial charge in [-0.2, -0.15) is 0 Å². The van der Waals surface area contributed by atoms with Crippen molar-refractivity contribution in [1.82, 2.24) is 15.0 Å². The second-order valence-corrected chi connectivity index (χ2v) is 4.81. The molecular formula is C14H18ClN3O. The molecule has 0 bridgehead atoms. The Morgan fingerprint density at radius 3 is 3.00 bits per heavy atom. The Kier molecular flexibility index (Phi) is 4.80. The minimum absolute atomic E-state index is 0.206. The van der Waals surface area contributed by atoms with Crippen molar-refractivity contribution >= 4 is 11.6 Å². The lowest BCUT2D eigenvalue weighted by Crippen LogP contribution is -2.09. The highest BCUT2D eigenvalue weighted by Crippen LogP contribution is 2.18. The molecule has 0 aliphatic heterocycles. The summed E-state index contributed by atoms with van der Waals surface area (Å²) < 4.78 is 7.54. The Hall–Kier alpha value is -1.55.